The van der Waals surface area contributed by atoms with Crippen LogP contribution < -0.4 is 5.32 Å². The summed E-state index contributed by atoms with van der Waals surface area (Å²) in [5.74, 6) is -1.27. The first-order valence-electron chi connectivity index (χ1n) is 7.36. The van der Waals surface area contributed by atoms with Crippen LogP contribution in [0.1, 0.15) is 40.4 Å². The van der Waals surface area contributed by atoms with Gasteiger partial charge in [-0.05, 0) is 50.6 Å². The zero-order valence-corrected chi connectivity index (χ0v) is 14.3. The number of aromatic carboxylic acids is 1. The van der Waals surface area contributed by atoms with Crippen LogP contribution >= 0.6 is 11.6 Å². The van der Waals surface area contributed by atoms with E-state index in [0.29, 0.717) is 10.7 Å². The van der Waals surface area contributed by atoms with Gasteiger partial charge >= 0.3 is 11.9 Å². The van der Waals surface area contributed by atoms with Crippen LogP contribution in [0.4, 0.5) is 5.69 Å². The molecule has 0 saturated carbocycles. The molecule has 0 amide bonds. The lowest BCUT2D eigenvalue weighted by atomic mass is 10.1. The third kappa shape index (κ3) is 3.89. The second kappa shape index (κ2) is 7.40. The van der Waals surface area contributed by atoms with Gasteiger partial charge in [0.1, 0.15) is 17.1 Å². The summed E-state index contributed by atoms with van der Waals surface area (Å²) in [6, 6.07) is 5.55. The second-order valence-corrected chi connectivity index (χ2v) is 5.65. The first-order chi connectivity index (χ1) is 11.3. The summed E-state index contributed by atoms with van der Waals surface area (Å²) in [6.07, 6.45) is 0. The number of nitrogens with one attached hydrogen (secondary N) is 1. The molecular weight excluding hydrogens is 334 g/mol. The minimum absolute atomic E-state index is 0.00827. The molecule has 2 N–H and O–H groups in total. The Morgan fingerprint density at radius 3 is 2.58 bits per heavy atom. The van der Waals surface area contributed by atoms with Crippen LogP contribution in [0.2, 0.25) is 5.02 Å². The van der Waals surface area contributed by atoms with Crippen LogP contribution in [0.5, 0.6) is 0 Å². The van der Waals surface area contributed by atoms with Gasteiger partial charge in [0.25, 0.3) is 0 Å². The SMILES string of the molecule is CCOC(=O)C(Nc1ccc(Cl)cc1C)c1cc(C(=O)O)c(C)o1. The van der Waals surface area contributed by atoms with Crippen molar-refractivity contribution in [3.05, 3.63) is 51.9 Å². The Hall–Kier alpha value is -2.47. The minimum atomic E-state index is -1.12. The maximum atomic E-state index is 12.3. The van der Waals surface area contributed by atoms with E-state index in [2.05, 4.69) is 5.32 Å². The Morgan fingerprint density at radius 1 is 1.33 bits per heavy atom. The second-order valence-electron chi connectivity index (χ2n) is 5.21. The van der Waals surface area contributed by atoms with Gasteiger partial charge in [-0.25, -0.2) is 9.59 Å². The van der Waals surface area contributed by atoms with Crippen molar-refractivity contribution < 1.29 is 23.8 Å². The van der Waals surface area contributed by atoms with E-state index in [1.54, 1.807) is 25.1 Å². The Bertz CT molecular complexity index is 768. The zero-order valence-electron chi connectivity index (χ0n) is 13.6. The molecule has 2 rings (SSSR count). The average Bonchev–Trinajstić information content (AvgIpc) is 2.88. The van der Waals surface area contributed by atoms with Gasteiger partial charge in [-0.15, -0.1) is 0 Å². The van der Waals surface area contributed by atoms with Crippen molar-refractivity contribution in [2.75, 3.05) is 11.9 Å². The van der Waals surface area contributed by atoms with Crippen molar-refractivity contribution in [1.82, 2.24) is 0 Å². The van der Waals surface area contributed by atoms with Crippen molar-refractivity contribution in [3.8, 4) is 0 Å². The molecule has 1 atom stereocenters. The number of hydrogen-bond donors (Lipinski definition) is 2. The Morgan fingerprint density at radius 2 is 2.04 bits per heavy atom. The van der Waals surface area contributed by atoms with Crippen LogP contribution in [0.3, 0.4) is 0 Å². The average molecular weight is 352 g/mol. The molecule has 2 aromatic rings. The number of carbonyl (C=O) groups excluding carboxylic acids is 1. The molecule has 1 unspecified atom stereocenters. The fourth-order valence-electron chi connectivity index (χ4n) is 2.28. The van der Waals surface area contributed by atoms with Gasteiger partial charge in [-0.1, -0.05) is 11.6 Å². The molecule has 24 heavy (non-hydrogen) atoms. The van der Waals surface area contributed by atoms with Gasteiger partial charge in [0, 0.05) is 10.7 Å². The van der Waals surface area contributed by atoms with Crippen molar-refractivity contribution in [1.29, 1.82) is 0 Å². The molecule has 1 aromatic heterocycles. The first kappa shape index (κ1) is 17.9. The molecule has 128 valence electrons. The first-order valence-corrected chi connectivity index (χ1v) is 7.74. The Kier molecular flexibility index (Phi) is 5.51. The van der Waals surface area contributed by atoms with E-state index in [-0.39, 0.29) is 23.7 Å². The van der Waals surface area contributed by atoms with E-state index in [4.69, 9.17) is 25.9 Å². The maximum Gasteiger partial charge on any atom is 0.339 e. The lowest BCUT2D eigenvalue weighted by Crippen LogP contribution is -2.23. The third-order valence-electron chi connectivity index (χ3n) is 3.46. The van der Waals surface area contributed by atoms with Gasteiger partial charge in [0.05, 0.1) is 6.61 Å². The molecule has 0 aliphatic carbocycles. The van der Waals surface area contributed by atoms with Crippen LogP contribution in [-0.2, 0) is 9.53 Å². The Balaban J connectivity index is 2.39. The largest absolute Gasteiger partial charge is 0.478 e. The molecule has 0 fully saturated rings. The summed E-state index contributed by atoms with van der Waals surface area (Å²) in [4.78, 5) is 23.5. The van der Waals surface area contributed by atoms with Crippen molar-refractivity contribution in [3.63, 3.8) is 0 Å². The lowest BCUT2D eigenvalue weighted by Gasteiger charge is -2.18. The van der Waals surface area contributed by atoms with Gasteiger partial charge in [0.15, 0.2) is 6.04 Å². The van der Waals surface area contributed by atoms with Crippen molar-refractivity contribution >= 4 is 29.2 Å². The Labute approximate surface area is 144 Å². The van der Waals surface area contributed by atoms with Crippen LogP contribution in [-0.4, -0.2) is 23.7 Å². The molecule has 6 nitrogen and oxygen atoms in total. The molecule has 0 aliphatic rings. The van der Waals surface area contributed by atoms with Gasteiger partial charge < -0.3 is 19.6 Å². The predicted octanol–water partition coefficient (Wildman–Crippen LogP) is 3.96. The summed E-state index contributed by atoms with van der Waals surface area (Å²) in [6.45, 7) is 5.26. The van der Waals surface area contributed by atoms with Crippen molar-refractivity contribution in [2.45, 2.75) is 26.8 Å². The maximum absolute atomic E-state index is 12.3. The summed E-state index contributed by atoms with van der Waals surface area (Å²) in [7, 11) is 0. The molecule has 1 aromatic carbocycles. The van der Waals surface area contributed by atoms with Gasteiger partial charge in [-0.2, -0.15) is 0 Å². The van der Waals surface area contributed by atoms with Crippen LogP contribution in [0.15, 0.2) is 28.7 Å². The number of furan rings is 1. The number of rotatable bonds is 6. The number of carbonyl (C=O) groups is 2. The van der Waals surface area contributed by atoms with Crippen molar-refractivity contribution in [2.24, 2.45) is 0 Å². The molecular formula is C17H18ClNO5. The highest BCUT2D eigenvalue weighted by molar-refractivity contribution is 6.30. The van der Waals surface area contributed by atoms with Gasteiger partial charge in [0.2, 0.25) is 0 Å². The van der Waals surface area contributed by atoms with Gasteiger partial charge in [-0.3, -0.25) is 0 Å². The summed E-state index contributed by atoms with van der Waals surface area (Å²) in [5, 5.41) is 12.8. The normalized spacial score (nSPS) is 11.8. The zero-order chi connectivity index (χ0) is 17.9. The lowest BCUT2D eigenvalue weighted by molar-refractivity contribution is -0.144. The fraction of sp³-hybridized carbons (Fsp3) is 0.294. The number of hydrogen-bond acceptors (Lipinski definition) is 5. The number of halogens is 1. The molecule has 7 heteroatoms. The van der Waals surface area contributed by atoms with E-state index in [9.17, 15) is 9.59 Å². The number of ether oxygens (including phenoxy) is 1. The number of esters is 1. The summed E-state index contributed by atoms with van der Waals surface area (Å²) < 4.78 is 10.5. The molecule has 0 aliphatic heterocycles. The number of anilines is 1. The summed E-state index contributed by atoms with van der Waals surface area (Å²) in [5.41, 5.74) is 1.51. The number of carboxylic acids is 1. The molecule has 0 spiro atoms. The topological polar surface area (TPSA) is 88.8 Å². The third-order valence-corrected chi connectivity index (χ3v) is 3.70. The van der Waals surface area contributed by atoms with E-state index < -0.39 is 18.0 Å². The van der Waals surface area contributed by atoms with Crippen LogP contribution in [0, 0.1) is 13.8 Å². The van der Waals surface area contributed by atoms with E-state index in [1.807, 2.05) is 6.92 Å². The highest BCUT2D eigenvalue weighted by Gasteiger charge is 2.28. The highest BCUT2D eigenvalue weighted by Crippen LogP contribution is 2.28. The summed E-state index contributed by atoms with van der Waals surface area (Å²) >= 11 is 5.94. The quantitative estimate of drug-likeness (QED) is 0.765. The smallest absolute Gasteiger partial charge is 0.339 e. The molecule has 0 radical (unpaired) electrons. The monoisotopic (exact) mass is 351 g/mol. The predicted molar refractivity (Wildman–Crippen MR) is 89.6 cm³/mol. The minimum Gasteiger partial charge on any atom is -0.478 e. The number of benzene rings is 1. The van der Waals surface area contributed by atoms with E-state index in [0.717, 1.165) is 5.56 Å². The number of aryl methyl sites for hydroxylation is 2. The number of carboxylic acid groups (broad SMARTS) is 1. The molecule has 0 bridgehead atoms. The van der Waals surface area contributed by atoms with E-state index in [1.165, 1.54) is 13.0 Å². The molecule has 0 saturated heterocycles. The van der Waals surface area contributed by atoms with Crippen LogP contribution in [0.25, 0.3) is 0 Å². The molecule has 1 heterocycles. The fourth-order valence-corrected chi connectivity index (χ4v) is 2.50. The standard InChI is InChI=1S/C17H18ClNO5/c1-4-23-17(22)15(14-8-12(16(20)21)10(3)24-14)19-13-6-5-11(18)7-9(13)2/h5-8,15,19H,4H2,1-3H3,(H,20,21). The highest BCUT2D eigenvalue weighted by atomic mass is 35.5. The van der Waals surface area contributed by atoms with E-state index >= 15 is 0 Å².